The van der Waals surface area contributed by atoms with Crippen LogP contribution in [-0.4, -0.2) is 10.1 Å². The topological polar surface area (TPSA) is 45.1 Å². The highest BCUT2D eigenvalue weighted by molar-refractivity contribution is 6.29. The number of benzene rings is 1. The summed E-state index contributed by atoms with van der Waals surface area (Å²) in [7, 11) is 0. The van der Waals surface area contributed by atoms with Crippen molar-refractivity contribution in [2.45, 2.75) is 6.54 Å². The molecule has 0 bridgehead atoms. The quantitative estimate of drug-likeness (QED) is 0.803. The Balaban J connectivity index is 2.02. The van der Waals surface area contributed by atoms with Gasteiger partial charge in [-0.3, -0.25) is 0 Å². The van der Waals surface area contributed by atoms with Gasteiger partial charge in [-0.2, -0.15) is 0 Å². The molecule has 0 saturated heterocycles. The van der Waals surface area contributed by atoms with Crippen molar-refractivity contribution in [3.63, 3.8) is 0 Å². The molecule has 0 aliphatic rings. The third-order valence-corrected chi connectivity index (χ3v) is 2.34. The highest BCUT2D eigenvalue weighted by Crippen LogP contribution is 2.15. The van der Waals surface area contributed by atoms with Crippen molar-refractivity contribution in [2.75, 3.05) is 5.32 Å². The van der Waals surface area contributed by atoms with Gasteiger partial charge in [-0.1, -0.05) is 23.7 Å². The number of halogens is 1. The van der Waals surface area contributed by atoms with Crippen molar-refractivity contribution in [3.05, 3.63) is 53.3 Å². The van der Waals surface area contributed by atoms with Gasteiger partial charge in [0.05, 0.1) is 0 Å². The normalized spacial score (nSPS) is 10.1. The summed E-state index contributed by atoms with van der Waals surface area (Å²) < 4.78 is 0. The van der Waals surface area contributed by atoms with E-state index in [0.717, 1.165) is 11.3 Å². The van der Waals surface area contributed by atoms with Gasteiger partial charge >= 0.3 is 0 Å². The van der Waals surface area contributed by atoms with E-state index in [1.807, 2.05) is 18.2 Å². The molecule has 0 aliphatic heterocycles. The molecule has 4 heteroatoms. The number of phenols is 1. The fourth-order valence-corrected chi connectivity index (χ4v) is 1.56. The molecule has 0 spiro atoms. The van der Waals surface area contributed by atoms with E-state index < -0.39 is 0 Å². The number of nitrogens with zero attached hydrogens (tertiary/aromatic N) is 1. The van der Waals surface area contributed by atoms with Crippen LogP contribution in [0.2, 0.25) is 5.15 Å². The van der Waals surface area contributed by atoms with Crippen molar-refractivity contribution in [1.29, 1.82) is 0 Å². The van der Waals surface area contributed by atoms with Gasteiger partial charge in [0.1, 0.15) is 10.9 Å². The summed E-state index contributed by atoms with van der Waals surface area (Å²) in [6.45, 7) is 0.634. The number of aromatic nitrogens is 1. The Bertz CT molecular complexity index is 442. The third-order valence-electron chi connectivity index (χ3n) is 2.13. The van der Waals surface area contributed by atoms with Crippen molar-refractivity contribution in [2.24, 2.45) is 0 Å². The predicted molar refractivity (Wildman–Crippen MR) is 64.7 cm³/mol. The van der Waals surface area contributed by atoms with E-state index in [-0.39, 0.29) is 5.75 Å². The van der Waals surface area contributed by atoms with Crippen molar-refractivity contribution in [3.8, 4) is 5.75 Å². The number of hydrogen-bond acceptors (Lipinski definition) is 3. The smallest absolute Gasteiger partial charge is 0.131 e. The Morgan fingerprint density at radius 3 is 2.88 bits per heavy atom. The molecule has 0 radical (unpaired) electrons. The number of aromatic hydroxyl groups is 1. The lowest BCUT2D eigenvalue weighted by atomic mass is 10.2. The van der Waals surface area contributed by atoms with Crippen LogP contribution in [0.5, 0.6) is 5.75 Å². The van der Waals surface area contributed by atoms with Crippen molar-refractivity contribution >= 4 is 17.3 Å². The van der Waals surface area contributed by atoms with Gasteiger partial charge in [-0.05, 0) is 29.8 Å². The second-order valence-electron chi connectivity index (χ2n) is 3.39. The Morgan fingerprint density at radius 1 is 1.25 bits per heavy atom. The number of hydrogen-bond donors (Lipinski definition) is 2. The zero-order chi connectivity index (χ0) is 11.4. The standard InChI is InChI=1S/C12H11ClN2O/c13-12-7-10(4-5-14-12)15-8-9-2-1-3-11(16)6-9/h1-7,16H,8H2,(H,14,15). The van der Waals surface area contributed by atoms with Crippen LogP contribution in [-0.2, 0) is 6.54 Å². The van der Waals surface area contributed by atoms with Crippen LogP contribution in [0.3, 0.4) is 0 Å². The van der Waals surface area contributed by atoms with Gasteiger partial charge in [0.15, 0.2) is 0 Å². The van der Waals surface area contributed by atoms with E-state index in [9.17, 15) is 5.11 Å². The lowest BCUT2D eigenvalue weighted by molar-refractivity contribution is 0.474. The van der Waals surface area contributed by atoms with Crippen molar-refractivity contribution in [1.82, 2.24) is 4.98 Å². The van der Waals surface area contributed by atoms with E-state index in [4.69, 9.17) is 11.6 Å². The maximum absolute atomic E-state index is 9.30. The minimum atomic E-state index is 0.270. The Hall–Kier alpha value is -1.74. The first-order valence-electron chi connectivity index (χ1n) is 4.87. The van der Waals surface area contributed by atoms with Gasteiger partial charge < -0.3 is 10.4 Å². The minimum absolute atomic E-state index is 0.270. The van der Waals surface area contributed by atoms with Crippen molar-refractivity contribution < 1.29 is 5.11 Å². The Kier molecular flexibility index (Phi) is 3.27. The van der Waals surface area contributed by atoms with Crippen LogP contribution in [0.1, 0.15) is 5.56 Å². The van der Waals surface area contributed by atoms with Crippen LogP contribution in [0, 0.1) is 0 Å². The van der Waals surface area contributed by atoms with E-state index in [1.54, 1.807) is 24.4 Å². The van der Waals surface area contributed by atoms with Crippen LogP contribution in [0.15, 0.2) is 42.6 Å². The van der Waals surface area contributed by atoms with E-state index in [1.165, 1.54) is 0 Å². The number of phenolic OH excluding ortho intramolecular Hbond substituents is 1. The lowest BCUT2D eigenvalue weighted by Gasteiger charge is -2.06. The molecule has 16 heavy (non-hydrogen) atoms. The second-order valence-corrected chi connectivity index (χ2v) is 3.78. The molecule has 82 valence electrons. The van der Waals surface area contributed by atoms with Gasteiger partial charge in [0, 0.05) is 18.4 Å². The van der Waals surface area contributed by atoms with Gasteiger partial charge in [0.2, 0.25) is 0 Å². The molecule has 0 atom stereocenters. The first kappa shape index (κ1) is 10.8. The maximum Gasteiger partial charge on any atom is 0.131 e. The van der Waals surface area contributed by atoms with E-state index in [0.29, 0.717) is 11.7 Å². The van der Waals surface area contributed by atoms with Crippen LogP contribution >= 0.6 is 11.6 Å². The number of nitrogens with one attached hydrogen (secondary N) is 1. The molecule has 0 amide bonds. The molecule has 1 aromatic carbocycles. The second kappa shape index (κ2) is 4.86. The van der Waals surface area contributed by atoms with Gasteiger partial charge in [0.25, 0.3) is 0 Å². The molecule has 0 fully saturated rings. The van der Waals surface area contributed by atoms with Crippen LogP contribution in [0.4, 0.5) is 5.69 Å². The zero-order valence-corrected chi connectivity index (χ0v) is 9.28. The van der Waals surface area contributed by atoms with Crippen LogP contribution < -0.4 is 5.32 Å². The summed E-state index contributed by atoms with van der Waals surface area (Å²) in [5, 5.41) is 12.9. The molecule has 2 rings (SSSR count). The first-order valence-corrected chi connectivity index (χ1v) is 5.25. The Labute approximate surface area is 98.7 Å². The molecular formula is C12H11ClN2O. The average Bonchev–Trinajstić information content (AvgIpc) is 2.27. The molecule has 2 aromatic rings. The maximum atomic E-state index is 9.30. The minimum Gasteiger partial charge on any atom is -0.508 e. The molecule has 0 aliphatic carbocycles. The number of anilines is 1. The summed E-state index contributed by atoms with van der Waals surface area (Å²) in [5.41, 5.74) is 1.91. The molecule has 2 N–H and O–H groups in total. The summed E-state index contributed by atoms with van der Waals surface area (Å²) in [6, 6.07) is 10.7. The predicted octanol–water partition coefficient (Wildman–Crippen LogP) is 3.05. The molecule has 3 nitrogen and oxygen atoms in total. The summed E-state index contributed by atoms with van der Waals surface area (Å²) in [5.74, 6) is 0.270. The zero-order valence-electron chi connectivity index (χ0n) is 8.52. The van der Waals surface area contributed by atoms with Gasteiger partial charge in [-0.25, -0.2) is 4.98 Å². The summed E-state index contributed by atoms with van der Waals surface area (Å²) in [6.07, 6.45) is 1.65. The molecule has 0 unspecified atom stereocenters. The average molecular weight is 235 g/mol. The summed E-state index contributed by atoms with van der Waals surface area (Å²) >= 11 is 5.76. The number of rotatable bonds is 3. The largest absolute Gasteiger partial charge is 0.508 e. The lowest BCUT2D eigenvalue weighted by Crippen LogP contribution is -1.99. The fraction of sp³-hybridized carbons (Fsp3) is 0.0833. The fourth-order valence-electron chi connectivity index (χ4n) is 1.38. The van der Waals surface area contributed by atoms with Crippen LogP contribution in [0.25, 0.3) is 0 Å². The molecular weight excluding hydrogens is 224 g/mol. The first-order chi connectivity index (χ1) is 7.74. The monoisotopic (exact) mass is 234 g/mol. The molecule has 1 heterocycles. The number of pyridine rings is 1. The molecule has 1 aromatic heterocycles. The SMILES string of the molecule is Oc1cccc(CNc2ccnc(Cl)c2)c1. The highest BCUT2D eigenvalue weighted by Gasteiger charge is 1.96. The van der Waals surface area contributed by atoms with E-state index >= 15 is 0 Å². The van der Waals surface area contributed by atoms with Gasteiger partial charge in [-0.15, -0.1) is 0 Å². The van der Waals surface area contributed by atoms with E-state index in [2.05, 4.69) is 10.3 Å². The summed E-state index contributed by atoms with van der Waals surface area (Å²) in [4.78, 5) is 3.89. The Morgan fingerprint density at radius 2 is 2.12 bits per heavy atom. The highest BCUT2D eigenvalue weighted by atomic mass is 35.5. The molecule has 0 saturated carbocycles. The third kappa shape index (κ3) is 2.87.